The molecule has 0 radical (unpaired) electrons. The lowest BCUT2D eigenvalue weighted by Crippen LogP contribution is -2.59. The molecule has 0 aliphatic carbocycles. The highest BCUT2D eigenvalue weighted by Gasteiger charge is 2.35. The van der Waals surface area contributed by atoms with E-state index in [1.165, 1.54) is 20.9 Å². The van der Waals surface area contributed by atoms with Crippen LogP contribution in [0.3, 0.4) is 0 Å². The van der Waals surface area contributed by atoms with Crippen molar-refractivity contribution in [2.75, 3.05) is 25.9 Å². The van der Waals surface area contributed by atoms with Gasteiger partial charge in [0.05, 0.1) is 19.0 Å². The molecule has 5 amide bonds. The monoisotopic (exact) mass is 593 g/mol. The van der Waals surface area contributed by atoms with Gasteiger partial charge in [-0.05, 0) is 26.7 Å². The number of thiol groups is 2. The number of amides is 5. The molecule has 0 aliphatic heterocycles. The van der Waals surface area contributed by atoms with Gasteiger partial charge >= 0.3 is 5.97 Å². The number of nitrogens with zero attached hydrogens (tertiary/aromatic N) is 2. The zero-order valence-electron chi connectivity index (χ0n) is 22.0. The van der Waals surface area contributed by atoms with Gasteiger partial charge in [0.25, 0.3) is 0 Å². The first-order valence-corrected chi connectivity index (χ1v) is 12.8. The number of carbonyl (C=O) groups is 6. The molecule has 0 heterocycles. The largest absolute Gasteiger partial charge is 0.481 e. The maximum absolute atomic E-state index is 12.9. The van der Waals surface area contributed by atoms with Gasteiger partial charge in [0.1, 0.15) is 18.1 Å². The van der Waals surface area contributed by atoms with Crippen molar-refractivity contribution in [3.63, 3.8) is 0 Å². The van der Waals surface area contributed by atoms with Crippen LogP contribution in [-0.2, 0) is 28.8 Å². The number of guanidine groups is 1. The maximum atomic E-state index is 12.9. The van der Waals surface area contributed by atoms with E-state index in [1.807, 2.05) is 0 Å². The fourth-order valence-corrected chi connectivity index (χ4v) is 3.59. The average Bonchev–Trinajstić information content (AvgIpc) is 2.82. The number of hydrogen-bond acceptors (Lipinski definition) is 10. The minimum absolute atomic E-state index is 0.0297. The van der Waals surface area contributed by atoms with Crippen molar-refractivity contribution in [1.29, 1.82) is 0 Å². The molecule has 0 spiro atoms. The van der Waals surface area contributed by atoms with Crippen molar-refractivity contribution >= 4 is 66.7 Å². The molecule has 0 unspecified atom stereocenters. The molecule has 0 aromatic heterocycles. The topological polar surface area (TPSA) is 278 Å². The normalized spacial score (nSPS) is 14.1. The number of carboxylic acid groups (broad SMARTS) is 1. The van der Waals surface area contributed by atoms with Gasteiger partial charge < -0.3 is 48.9 Å². The number of nitrogens with two attached hydrogens (primary N) is 4. The van der Waals surface area contributed by atoms with Crippen LogP contribution in [0, 0.1) is 0 Å². The predicted octanol–water partition coefficient (Wildman–Crippen LogP) is -4.12. The lowest BCUT2D eigenvalue weighted by Gasteiger charge is -2.30. The highest BCUT2D eigenvalue weighted by atomic mass is 32.1. The first kappa shape index (κ1) is 35.8. The molecule has 0 saturated carbocycles. The lowest BCUT2D eigenvalue weighted by atomic mass is 10.0. The fraction of sp³-hybridized carbons (Fsp3) is 0.667. The van der Waals surface area contributed by atoms with Gasteiger partial charge in [-0.3, -0.25) is 33.8 Å². The van der Waals surface area contributed by atoms with Gasteiger partial charge in [0.2, 0.25) is 29.5 Å². The summed E-state index contributed by atoms with van der Waals surface area (Å²) in [7, 11) is 1.36. The van der Waals surface area contributed by atoms with Crippen LogP contribution in [0.15, 0.2) is 4.99 Å². The molecule has 18 heteroatoms. The van der Waals surface area contributed by atoms with E-state index in [2.05, 4.69) is 46.2 Å². The molecule has 0 aromatic carbocycles. The standard InChI is InChI=1S/C21H39N9O7S2/c1-21(2,39)15(16(23)34)29-17(35)11(7-14(32)33)28-13(31)8-27-18(36)12(5-4-6-26-20(24)25)30(3)19(37)10(22)9-38/h10-12,15,38-39H,4-9,22H2,1-3H3,(H2,23,34)(H,27,36)(H,28,31)(H,29,35)(H,32,33)(H4,24,25,26)/t10-,11-,12-,15+/m0/s1. The second kappa shape index (κ2) is 16.7. The molecular weight excluding hydrogens is 554 g/mol. The number of aliphatic carboxylic acids is 1. The maximum Gasteiger partial charge on any atom is 0.305 e. The van der Waals surface area contributed by atoms with Gasteiger partial charge in [-0.2, -0.15) is 25.3 Å². The molecule has 12 N–H and O–H groups in total. The Morgan fingerprint density at radius 3 is 2.10 bits per heavy atom. The minimum atomic E-state index is -1.60. The zero-order chi connectivity index (χ0) is 30.5. The Bertz CT molecular complexity index is 939. The van der Waals surface area contributed by atoms with Crippen molar-refractivity contribution in [2.24, 2.45) is 27.9 Å². The first-order valence-electron chi connectivity index (χ1n) is 11.7. The number of hydrogen-bond donors (Lipinski definition) is 10. The summed E-state index contributed by atoms with van der Waals surface area (Å²) in [6, 6.07) is -4.91. The first-order chi connectivity index (χ1) is 17.9. The average molecular weight is 594 g/mol. The Morgan fingerprint density at radius 2 is 1.64 bits per heavy atom. The molecule has 222 valence electrons. The Morgan fingerprint density at radius 1 is 1.05 bits per heavy atom. The smallest absolute Gasteiger partial charge is 0.305 e. The second-order valence-corrected chi connectivity index (χ2v) is 10.7. The summed E-state index contributed by atoms with van der Waals surface area (Å²) in [4.78, 5) is 78.5. The SMILES string of the molecule is CN(C(=O)[C@@H](N)CS)[C@@H](CCCN=C(N)N)C(=O)NCC(=O)N[C@@H](CC(=O)O)C(=O)N[C@H](C(N)=O)C(C)(C)S. The summed E-state index contributed by atoms with van der Waals surface area (Å²) < 4.78 is -1.09. The highest BCUT2D eigenvalue weighted by Crippen LogP contribution is 2.17. The van der Waals surface area contributed by atoms with Gasteiger partial charge in [0, 0.05) is 24.1 Å². The Hall–Kier alpha value is -3.25. The quantitative estimate of drug-likeness (QED) is 0.0336. The van der Waals surface area contributed by atoms with E-state index in [1.54, 1.807) is 0 Å². The van der Waals surface area contributed by atoms with E-state index < -0.39 is 77.4 Å². The van der Waals surface area contributed by atoms with E-state index in [-0.39, 0.29) is 24.7 Å². The third kappa shape index (κ3) is 13.4. The Kier molecular flexibility index (Phi) is 15.3. The molecule has 0 bridgehead atoms. The van der Waals surface area contributed by atoms with E-state index in [9.17, 15) is 28.8 Å². The van der Waals surface area contributed by atoms with Crippen LogP contribution >= 0.6 is 25.3 Å². The molecule has 39 heavy (non-hydrogen) atoms. The van der Waals surface area contributed by atoms with Crippen LogP contribution in [0.4, 0.5) is 0 Å². The van der Waals surface area contributed by atoms with Crippen LogP contribution in [0.25, 0.3) is 0 Å². The van der Waals surface area contributed by atoms with Crippen LogP contribution in [0.5, 0.6) is 0 Å². The minimum Gasteiger partial charge on any atom is -0.481 e. The third-order valence-electron chi connectivity index (χ3n) is 5.29. The summed E-state index contributed by atoms with van der Waals surface area (Å²) in [6.07, 6.45) is -0.403. The van der Waals surface area contributed by atoms with Crippen molar-refractivity contribution in [1.82, 2.24) is 20.9 Å². The Labute approximate surface area is 237 Å². The molecular formula is C21H39N9O7S2. The molecule has 16 nitrogen and oxygen atoms in total. The van der Waals surface area contributed by atoms with E-state index in [0.29, 0.717) is 6.42 Å². The molecule has 0 fully saturated rings. The molecule has 0 aliphatic rings. The van der Waals surface area contributed by atoms with Crippen molar-refractivity contribution < 1.29 is 33.9 Å². The number of likely N-dealkylation sites (N-methyl/N-ethyl adjacent to an activating group) is 1. The number of aliphatic imine (C=N–C) groups is 1. The number of rotatable bonds is 17. The van der Waals surface area contributed by atoms with Gasteiger partial charge in [-0.15, -0.1) is 0 Å². The van der Waals surface area contributed by atoms with Gasteiger partial charge in [-0.25, -0.2) is 0 Å². The summed E-state index contributed by atoms with van der Waals surface area (Å²) in [5.74, 6) is -5.64. The number of nitrogens with one attached hydrogen (secondary N) is 3. The number of carboxylic acids is 1. The van der Waals surface area contributed by atoms with Gasteiger partial charge in [-0.1, -0.05) is 0 Å². The van der Waals surface area contributed by atoms with E-state index in [4.69, 9.17) is 28.0 Å². The third-order valence-corrected chi connectivity index (χ3v) is 5.94. The summed E-state index contributed by atoms with van der Waals surface area (Å²) >= 11 is 8.20. The summed E-state index contributed by atoms with van der Waals surface area (Å²) in [5, 5.41) is 16.0. The zero-order valence-corrected chi connectivity index (χ0v) is 23.8. The molecule has 0 saturated heterocycles. The van der Waals surface area contributed by atoms with Crippen LogP contribution < -0.4 is 38.9 Å². The fourth-order valence-electron chi connectivity index (χ4n) is 3.24. The number of primary amides is 1. The second-order valence-electron chi connectivity index (χ2n) is 9.14. The van der Waals surface area contributed by atoms with E-state index >= 15 is 0 Å². The number of carbonyl (C=O) groups excluding carboxylic acids is 5. The lowest BCUT2D eigenvalue weighted by molar-refractivity contribution is -0.141. The van der Waals surface area contributed by atoms with Crippen LogP contribution in [0.2, 0.25) is 0 Å². The van der Waals surface area contributed by atoms with Crippen LogP contribution in [0.1, 0.15) is 33.1 Å². The highest BCUT2D eigenvalue weighted by molar-refractivity contribution is 7.81. The molecule has 4 atom stereocenters. The van der Waals surface area contributed by atoms with E-state index in [0.717, 1.165) is 4.90 Å². The Balaban J connectivity index is 5.48. The van der Waals surface area contributed by atoms with Crippen molar-refractivity contribution in [3.05, 3.63) is 0 Å². The summed E-state index contributed by atoms with van der Waals surface area (Å²) in [6.45, 7) is 2.52. The summed E-state index contributed by atoms with van der Waals surface area (Å²) in [5.41, 5.74) is 21.6. The molecule has 0 aromatic rings. The predicted molar refractivity (Wildman–Crippen MR) is 150 cm³/mol. The van der Waals surface area contributed by atoms with Crippen molar-refractivity contribution in [3.8, 4) is 0 Å². The van der Waals surface area contributed by atoms with Gasteiger partial charge in [0.15, 0.2) is 5.96 Å². The van der Waals surface area contributed by atoms with Crippen LogP contribution in [-0.4, -0.2) is 106 Å². The van der Waals surface area contributed by atoms with Crippen molar-refractivity contribution in [2.45, 2.75) is 62.0 Å². The molecule has 0 rings (SSSR count).